The number of hydrogen-bond acceptors (Lipinski definition) is 5. The number of benzene rings is 1. The number of carbonyl (C=O) groups excluding carboxylic acids is 3. The van der Waals surface area contributed by atoms with E-state index in [1.165, 1.54) is 6.08 Å². The smallest absolute Gasteiger partial charge is 0.328 e. The van der Waals surface area contributed by atoms with Crippen LogP contribution in [0.3, 0.4) is 0 Å². The molecule has 1 heterocycles. The lowest BCUT2D eigenvalue weighted by Gasteiger charge is -2.22. The maximum atomic E-state index is 11.7. The summed E-state index contributed by atoms with van der Waals surface area (Å²) in [5.41, 5.74) is 1.51. The molecule has 2 N–H and O–H groups in total. The van der Waals surface area contributed by atoms with E-state index in [-0.39, 0.29) is 5.57 Å². The average Bonchev–Trinajstić information content (AvgIpc) is 2.53. The first-order valence-electron chi connectivity index (χ1n) is 7.15. The highest BCUT2D eigenvalue weighted by atomic mass is 16.2. The molecular formula is C16H16N4O3. The predicted molar refractivity (Wildman–Crippen MR) is 84.2 cm³/mol. The zero-order valence-corrected chi connectivity index (χ0v) is 12.6. The van der Waals surface area contributed by atoms with E-state index in [4.69, 9.17) is 5.26 Å². The number of nitrogens with zero attached hydrogens (tertiary/aromatic N) is 2. The quantitative estimate of drug-likeness (QED) is 0.628. The van der Waals surface area contributed by atoms with Gasteiger partial charge in [0, 0.05) is 18.8 Å². The molecule has 0 aliphatic carbocycles. The summed E-state index contributed by atoms with van der Waals surface area (Å²) >= 11 is 0. The second-order valence-corrected chi connectivity index (χ2v) is 4.87. The van der Waals surface area contributed by atoms with Crippen molar-refractivity contribution in [3.8, 4) is 6.07 Å². The fourth-order valence-electron chi connectivity index (χ4n) is 2.21. The molecule has 1 saturated heterocycles. The van der Waals surface area contributed by atoms with Gasteiger partial charge in [-0.2, -0.15) is 5.26 Å². The molecule has 0 spiro atoms. The Morgan fingerprint density at radius 2 is 1.74 bits per heavy atom. The lowest BCUT2D eigenvalue weighted by atomic mass is 10.1. The van der Waals surface area contributed by atoms with E-state index < -0.39 is 17.8 Å². The number of amides is 4. The van der Waals surface area contributed by atoms with Gasteiger partial charge in [0.15, 0.2) is 0 Å². The van der Waals surface area contributed by atoms with Crippen LogP contribution >= 0.6 is 0 Å². The molecule has 1 fully saturated rings. The molecule has 7 nitrogen and oxygen atoms in total. The second-order valence-electron chi connectivity index (χ2n) is 4.87. The molecule has 118 valence electrons. The number of rotatable bonds is 5. The average molecular weight is 312 g/mol. The van der Waals surface area contributed by atoms with Crippen molar-refractivity contribution in [2.24, 2.45) is 0 Å². The van der Waals surface area contributed by atoms with E-state index in [1.54, 1.807) is 12.1 Å². The molecule has 2 rings (SSSR count). The van der Waals surface area contributed by atoms with Crippen LogP contribution in [-0.4, -0.2) is 30.9 Å². The number of anilines is 1. The van der Waals surface area contributed by atoms with E-state index in [9.17, 15) is 14.4 Å². The standard InChI is InChI=1S/C16H16N4O3/c1-2-20(9-3-8-17)12-6-4-11(5-7-12)10-13-14(21)18-16(23)19-15(13)22/h4-7,10H,2-3,9H2,1H3,(H2,18,19,21,22,23). The Hall–Kier alpha value is -3.14. The minimum absolute atomic E-state index is 0.117. The largest absolute Gasteiger partial charge is 0.371 e. The van der Waals surface area contributed by atoms with Crippen LogP contribution in [0.4, 0.5) is 10.5 Å². The molecule has 1 aromatic rings. The van der Waals surface area contributed by atoms with E-state index >= 15 is 0 Å². The van der Waals surface area contributed by atoms with Crippen molar-refractivity contribution in [1.82, 2.24) is 10.6 Å². The topological polar surface area (TPSA) is 102 Å². The van der Waals surface area contributed by atoms with E-state index in [0.29, 0.717) is 18.5 Å². The van der Waals surface area contributed by atoms with Crippen LogP contribution in [0.15, 0.2) is 29.8 Å². The fraction of sp³-hybridized carbons (Fsp3) is 0.250. The number of nitriles is 1. The van der Waals surface area contributed by atoms with Crippen molar-refractivity contribution in [2.75, 3.05) is 18.0 Å². The number of carbonyl (C=O) groups is 3. The summed E-state index contributed by atoms with van der Waals surface area (Å²) in [4.78, 5) is 36.4. The highest BCUT2D eigenvalue weighted by molar-refractivity contribution is 6.31. The van der Waals surface area contributed by atoms with Gasteiger partial charge in [-0.3, -0.25) is 20.2 Å². The van der Waals surface area contributed by atoms with Crippen molar-refractivity contribution in [3.63, 3.8) is 0 Å². The molecule has 4 amide bonds. The first kappa shape index (κ1) is 16.2. The molecular weight excluding hydrogens is 296 g/mol. The van der Waals surface area contributed by atoms with Gasteiger partial charge in [0.2, 0.25) is 0 Å². The van der Waals surface area contributed by atoms with Gasteiger partial charge in [0.1, 0.15) is 5.57 Å². The molecule has 1 aliphatic rings. The Bertz CT molecular complexity index is 679. The van der Waals surface area contributed by atoms with Crippen LogP contribution in [0.1, 0.15) is 18.9 Å². The Morgan fingerprint density at radius 1 is 1.13 bits per heavy atom. The molecule has 1 aromatic carbocycles. The van der Waals surface area contributed by atoms with Crippen molar-refractivity contribution < 1.29 is 14.4 Å². The third kappa shape index (κ3) is 3.95. The van der Waals surface area contributed by atoms with Crippen molar-refractivity contribution in [2.45, 2.75) is 13.3 Å². The van der Waals surface area contributed by atoms with E-state index in [2.05, 4.69) is 11.0 Å². The Kier molecular flexibility index (Phi) is 5.10. The van der Waals surface area contributed by atoms with Crippen LogP contribution < -0.4 is 15.5 Å². The van der Waals surface area contributed by atoms with Gasteiger partial charge in [-0.05, 0) is 30.7 Å². The maximum absolute atomic E-state index is 11.7. The summed E-state index contributed by atoms with van der Waals surface area (Å²) in [5.74, 6) is -1.43. The predicted octanol–water partition coefficient (Wildman–Crippen LogP) is 1.18. The van der Waals surface area contributed by atoms with Crippen molar-refractivity contribution in [1.29, 1.82) is 5.26 Å². The zero-order valence-electron chi connectivity index (χ0n) is 12.6. The third-order valence-electron chi connectivity index (χ3n) is 3.39. The summed E-state index contributed by atoms with van der Waals surface area (Å²) in [6, 6.07) is 8.56. The van der Waals surface area contributed by atoms with Gasteiger partial charge in [-0.15, -0.1) is 0 Å². The highest BCUT2D eigenvalue weighted by Gasteiger charge is 2.27. The Morgan fingerprint density at radius 3 is 2.26 bits per heavy atom. The van der Waals surface area contributed by atoms with Gasteiger partial charge in [-0.25, -0.2) is 4.79 Å². The van der Waals surface area contributed by atoms with Crippen molar-refractivity contribution >= 4 is 29.6 Å². The zero-order chi connectivity index (χ0) is 16.8. The van der Waals surface area contributed by atoms with Crippen LogP contribution in [-0.2, 0) is 9.59 Å². The molecule has 0 unspecified atom stereocenters. The first-order chi connectivity index (χ1) is 11.0. The number of urea groups is 1. The normalized spacial score (nSPS) is 13.9. The maximum Gasteiger partial charge on any atom is 0.328 e. The molecule has 7 heteroatoms. The molecule has 0 saturated carbocycles. The Labute approximate surface area is 133 Å². The minimum atomic E-state index is -0.816. The lowest BCUT2D eigenvalue weighted by molar-refractivity contribution is -0.123. The van der Waals surface area contributed by atoms with Gasteiger partial charge in [0.05, 0.1) is 12.5 Å². The monoisotopic (exact) mass is 312 g/mol. The van der Waals surface area contributed by atoms with Crippen LogP contribution in [0, 0.1) is 11.3 Å². The third-order valence-corrected chi connectivity index (χ3v) is 3.39. The number of hydrogen-bond donors (Lipinski definition) is 2. The lowest BCUT2D eigenvalue weighted by Crippen LogP contribution is -2.51. The van der Waals surface area contributed by atoms with Gasteiger partial charge >= 0.3 is 6.03 Å². The molecule has 0 atom stereocenters. The molecule has 1 aliphatic heterocycles. The van der Waals surface area contributed by atoms with E-state index in [0.717, 1.165) is 12.2 Å². The molecule has 0 bridgehead atoms. The van der Waals surface area contributed by atoms with Crippen LogP contribution in [0.25, 0.3) is 6.08 Å². The summed E-state index contributed by atoms with van der Waals surface area (Å²) in [6.45, 7) is 3.41. The molecule has 23 heavy (non-hydrogen) atoms. The summed E-state index contributed by atoms with van der Waals surface area (Å²) in [5, 5.41) is 12.7. The number of nitrogens with one attached hydrogen (secondary N) is 2. The van der Waals surface area contributed by atoms with Gasteiger partial charge < -0.3 is 4.90 Å². The highest BCUT2D eigenvalue weighted by Crippen LogP contribution is 2.17. The number of imide groups is 2. The van der Waals surface area contributed by atoms with Gasteiger partial charge in [-0.1, -0.05) is 12.1 Å². The van der Waals surface area contributed by atoms with Crippen LogP contribution in [0.2, 0.25) is 0 Å². The second kappa shape index (κ2) is 7.22. The minimum Gasteiger partial charge on any atom is -0.371 e. The Balaban J connectivity index is 2.18. The van der Waals surface area contributed by atoms with Crippen LogP contribution in [0.5, 0.6) is 0 Å². The van der Waals surface area contributed by atoms with Gasteiger partial charge in [0.25, 0.3) is 11.8 Å². The number of barbiturate groups is 1. The first-order valence-corrected chi connectivity index (χ1v) is 7.15. The summed E-state index contributed by atoms with van der Waals surface area (Å²) in [7, 11) is 0. The summed E-state index contributed by atoms with van der Waals surface area (Å²) < 4.78 is 0. The van der Waals surface area contributed by atoms with E-state index in [1.807, 2.05) is 29.7 Å². The molecule has 0 aromatic heterocycles. The fourth-order valence-corrected chi connectivity index (χ4v) is 2.21. The SMILES string of the molecule is CCN(CCC#N)c1ccc(C=C2C(=O)NC(=O)NC2=O)cc1. The molecule has 0 radical (unpaired) electrons. The van der Waals surface area contributed by atoms with Crippen molar-refractivity contribution in [3.05, 3.63) is 35.4 Å². The summed E-state index contributed by atoms with van der Waals surface area (Å²) in [6.07, 6.45) is 1.86.